The third-order valence-corrected chi connectivity index (χ3v) is 8.11. The molecule has 2 aliphatic rings. The SMILES string of the molecule is CCCCCCCC1CCC(C2CCC(CCc3ncc(CC)cn3)CC2)CC1. The molecule has 2 heteroatoms. The molecule has 0 radical (unpaired) electrons. The van der Waals surface area contributed by atoms with Crippen LogP contribution in [0.5, 0.6) is 0 Å². The summed E-state index contributed by atoms with van der Waals surface area (Å²) in [5, 5.41) is 0. The summed E-state index contributed by atoms with van der Waals surface area (Å²) in [5.74, 6) is 5.12. The van der Waals surface area contributed by atoms with Crippen molar-refractivity contribution in [1.29, 1.82) is 0 Å². The van der Waals surface area contributed by atoms with Gasteiger partial charge in [0.05, 0.1) is 0 Å². The van der Waals surface area contributed by atoms with Gasteiger partial charge in [0.25, 0.3) is 0 Å². The van der Waals surface area contributed by atoms with Crippen molar-refractivity contribution < 1.29 is 0 Å². The average molecular weight is 399 g/mol. The van der Waals surface area contributed by atoms with E-state index in [-0.39, 0.29) is 0 Å². The zero-order chi connectivity index (χ0) is 20.3. The highest BCUT2D eigenvalue weighted by atomic mass is 14.9. The van der Waals surface area contributed by atoms with Crippen LogP contribution in [0.2, 0.25) is 0 Å². The second-order valence-corrected chi connectivity index (χ2v) is 10.2. The lowest BCUT2D eigenvalue weighted by Crippen LogP contribution is -2.26. The maximum atomic E-state index is 4.55. The van der Waals surface area contributed by atoms with E-state index in [0.717, 1.165) is 42.3 Å². The van der Waals surface area contributed by atoms with Crippen LogP contribution < -0.4 is 0 Å². The molecular weight excluding hydrogens is 352 g/mol. The summed E-state index contributed by atoms with van der Waals surface area (Å²) in [7, 11) is 0. The number of unbranched alkanes of at least 4 members (excludes halogenated alkanes) is 4. The highest BCUT2D eigenvalue weighted by Gasteiger charge is 2.30. The van der Waals surface area contributed by atoms with E-state index in [9.17, 15) is 0 Å². The van der Waals surface area contributed by atoms with Crippen molar-refractivity contribution >= 4 is 0 Å². The van der Waals surface area contributed by atoms with Gasteiger partial charge in [-0.15, -0.1) is 0 Å². The molecule has 2 fully saturated rings. The molecule has 1 heterocycles. The number of rotatable bonds is 11. The minimum atomic E-state index is 0.917. The van der Waals surface area contributed by atoms with Gasteiger partial charge in [-0.1, -0.05) is 78.1 Å². The second kappa shape index (κ2) is 12.7. The summed E-state index contributed by atoms with van der Waals surface area (Å²) in [5.41, 5.74) is 1.25. The summed E-state index contributed by atoms with van der Waals surface area (Å²) in [6.45, 7) is 4.48. The van der Waals surface area contributed by atoms with Gasteiger partial charge in [0, 0.05) is 18.8 Å². The molecule has 0 atom stereocenters. The first-order valence-electron chi connectivity index (χ1n) is 13.1. The first-order chi connectivity index (χ1) is 14.3. The molecule has 3 rings (SSSR count). The molecule has 0 aromatic carbocycles. The quantitative estimate of drug-likeness (QED) is 0.353. The molecule has 0 amide bonds. The monoisotopic (exact) mass is 398 g/mol. The summed E-state index contributed by atoms with van der Waals surface area (Å²) < 4.78 is 0. The Morgan fingerprint density at radius 1 is 0.690 bits per heavy atom. The number of nitrogens with zero attached hydrogens (tertiary/aromatic N) is 2. The molecule has 0 spiro atoms. The van der Waals surface area contributed by atoms with Gasteiger partial charge < -0.3 is 0 Å². The van der Waals surface area contributed by atoms with Crippen LogP contribution in [-0.4, -0.2) is 9.97 Å². The number of aryl methyl sites for hydroxylation is 2. The molecule has 2 aliphatic carbocycles. The Morgan fingerprint density at radius 3 is 1.79 bits per heavy atom. The van der Waals surface area contributed by atoms with Gasteiger partial charge in [-0.05, 0) is 67.8 Å². The van der Waals surface area contributed by atoms with E-state index in [4.69, 9.17) is 0 Å². The van der Waals surface area contributed by atoms with E-state index >= 15 is 0 Å². The second-order valence-electron chi connectivity index (χ2n) is 10.2. The van der Waals surface area contributed by atoms with Crippen LogP contribution >= 0.6 is 0 Å². The van der Waals surface area contributed by atoms with Crippen molar-refractivity contribution in [2.24, 2.45) is 23.7 Å². The number of aromatic nitrogens is 2. The van der Waals surface area contributed by atoms with Gasteiger partial charge in [-0.2, -0.15) is 0 Å². The highest BCUT2D eigenvalue weighted by molar-refractivity contribution is 5.04. The van der Waals surface area contributed by atoms with Crippen molar-refractivity contribution in [3.63, 3.8) is 0 Å². The zero-order valence-corrected chi connectivity index (χ0v) is 19.4. The fourth-order valence-corrected chi connectivity index (χ4v) is 5.96. The summed E-state index contributed by atoms with van der Waals surface area (Å²) in [6, 6.07) is 0. The van der Waals surface area contributed by atoms with Gasteiger partial charge >= 0.3 is 0 Å². The van der Waals surface area contributed by atoms with Crippen molar-refractivity contribution in [3.8, 4) is 0 Å². The third-order valence-electron chi connectivity index (χ3n) is 8.11. The molecule has 29 heavy (non-hydrogen) atoms. The van der Waals surface area contributed by atoms with Crippen molar-refractivity contribution in [2.75, 3.05) is 0 Å². The predicted molar refractivity (Wildman–Crippen MR) is 124 cm³/mol. The molecule has 0 saturated heterocycles. The summed E-state index contributed by atoms with van der Waals surface area (Å²) in [4.78, 5) is 9.11. The van der Waals surface area contributed by atoms with Crippen LogP contribution in [0.1, 0.15) is 122 Å². The lowest BCUT2D eigenvalue weighted by Gasteiger charge is -2.38. The average Bonchev–Trinajstić information content (AvgIpc) is 2.79. The van der Waals surface area contributed by atoms with Crippen molar-refractivity contribution in [1.82, 2.24) is 9.97 Å². The van der Waals surface area contributed by atoms with E-state index in [0.29, 0.717) is 0 Å². The maximum absolute atomic E-state index is 4.55. The van der Waals surface area contributed by atoms with Gasteiger partial charge in [0.1, 0.15) is 5.82 Å². The van der Waals surface area contributed by atoms with E-state index < -0.39 is 0 Å². The van der Waals surface area contributed by atoms with Crippen molar-refractivity contribution in [2.45, 2.75) is 123 Å². The maximum Gasteiger partial charge on any atom is 0.128 e. The Balaban J connectivity index is 1.28. The molecule has 1 aromatic heterocycles. The minimum absolute atomic E-state index is 0.917. The lowest BCUT2D eigenvalue weighted by atomic mass is 9.68. The first-order valence-corrected chi connectivity index (χ1v) is 13.1. The standard InChI is InChI=1S/C27H46N2/c1-3-5-6-7-8-9-23-10-15-25(16-11-23)26-17-12-24(13-18-26)14-19-27-28-20-22(4-2)21-29-27/h20-21,23-26H,3-19H2,1-2H3. The number of hydrogen-bond donors (Lipinski definition) is 0. The Hall–Kier alpha value is -0.920. The Bertz CT molecular complexity index is 536. The van der Waals surface area contributed by atoms with E-state index in [1.165, 1.54) is 102 Å². The largest absolute Gasteiger partial charge is 0.241 e. The van der Waals surface area contributed by atoms with Gasteiger partial charge in [-0.3, -0.25) is 0 Å². The fourth-order valence-electron chi connectivity index (χ4n) is 5.96. The molecular formula is C27H46N2. The molecule has 0 N–H and O–H groups in total. The van der Waals surface area contributed by atoms with Crippen molar-refractivity contribution in [3.05, 3.63) is 23.8 Å². The molecule has 2 nitrogen and oxygen atoms in total. The molecule has 164 valence electrons. The molecule has 0 unspecified atom stereocenters. The summed E-state index contributed by atoms with van der Waals surface area (Å²) >= 11 is 0. The fraction of sp³-hybridized carbons (Fsp3) is 0.852. The van der Waals surface area contributed by atoms with Crippen LogP contribution in [-0.2, 0) is 12.8 Å². The van der Waals surface area contributed by atoms with E-state index in [1.807, 2.05) is 12.4 Å². The smallest absolute Gasteiger partial charge is 0.128 e. The van der Waals surface area contributed by atoms with Crippen LogP contribution in [0.25, 0.3) is 0 Å². The molecule has 0 bridgehead atoms. The first kappa shape index (κ1) is 22.8. The zero-order valence-electron chi connectivity index (χ0n) is 19.4. The Kier molecular flexibility index (Phi) is 9.97. The van der Waals surface area contributed by atoms with Crippen LogP contribution in [0.15, 0.2) is 12.4 Å². The number of hydrogen-bond acceptors (Lipinski definition) is 2. The van der Waals surface area contributed by atoms with E-state index in [1.54, 1.807) is 0 Å². The Morgan fingerprint density at radius 2 is 1.24 bits per heavy atom. The Labute approximate surface area is 180 Å². The lowest BCUT2D eigenvalue weighted by molar-refractivity contribution is 0.140. The van der Waals surface area contributed by atoms with Crippen LogP contribution in [0, 0.1) is 23.7 Å². The van der Waals surface area contributed by atoms with Gasteiger partial charge in [-0.25, -0.2) is 9.97 Å². The van der Waals surface area contributed by atoms with Crippen LogP contribution in [0.4, 0.5) is 0 Å². The summed E-state index contributed by atoms with van der Waals surface area (Å²) in [6.07, 6.45) is 28.2. The molecule has 0 aliphatic heterocycles. The van der Waals surface area contributed by atoms with Gasteiger partial charge in [0.15, 0.2) is 0 Å². The molecule has 1 aromatic rings. The minimum Gasteiger partial charge on any atom is -0.241 e. The van der Waals surface area contributed by atoms with Gasteiger partial charge in [0.2, 0.25) is 0 Å². The normalized spacial score (nSPS) is 27.8. The predicted octanol–water partition coefficient (Wildman–Crippen LogP) is 7.94. The highest BCUT2D eigenvalue weighted by Crippen LogP contribution is 2.43. The topological polar surface area (TPSA) is 25.8 Å². The van der Waals surface area contributed by atoms with E-state index in [2.05, 4.69) is 23.8 Å². The molecule has 2 saturated carbocycles. The van der Waals surface area contributed by atoms with Crippen LogP contribution in [0.3, 0.4) is 0 Å². The third kappa shape index (κ3) is 7.68.